The molecule has 206 valence electrons. The maximum atomic E-state index is 13.1. The molecule has 0 bridgehead atoms. The number of carbonyl (C=O) groups excluding carboxylic acids is 2. The Morgan fingerprint density at radius 1 is 1.00 bits per heavy atom. The molecule has 0 atom stereocenters. The van der Waals surface area contributed by atoms with E-state index in [0.29, 0.717) is 44.6 Å². The van der Waals surface area contributed by atoms with Gasteiger partial charge in [0, 0.05) is 26.2 Å². The van der Waals surface area contributed by atoms with Crippen molar-refractivity contribution in [3.63, 3.8) is 0 Å². The maximum absolute atomic E-state index is 13.1. The Morgan fingerprint density at radius 2 is 1.76 bits per heavy atom. The molecule has 1 aromatic heterocycles. The van der Waals surface area contributed by atoms with Crippen LogP contribution in [0.2, 0.25) is 0 Å². The third kappa shape index (κ3) is 6.87. The summed E-state index contributed by atoms with van der Waals surface area (Å²) in [5.41, 5.74) is 2.10. The normalized spacial score (nSPS) is 16.4. The number of halogens is 3. The summed E-state index contributed by atoms with van der Waals surface area (Å²) in [6.07, 6.45) is -2.12. The zero-order valence-corrected chi connectivity index (χ0v) is 22.1. The quantitative estimate of drug-likeness (QED) is 0.499. The average molecular weight is 535 g/mol. The second-order valence-electron chi connectivity index (χ2n) is 10.7. The molecule has 2 aliphatic heterocycles. The van der Waals surface area contributed by atoms with E-state index in [1.807, 2.05) is 37.6 Å². The molecule has 0 spiro atoms. The smallest absolute Gasteiger partial charge is 0.416 e. The molecule has 4 rings (SSSR count). The molecule has 3 heterocycles. The molecule has 11 heteroatoms. The minimum absolute atomic E-state index is 0.244. The van der Waals surface area contributed by atoms with Crippen LogP contribution in [-0.4, -0.2) is 57.0 Å². The summed E-state index contributed by atoms with van der Waals surface area (Å²) < 4.78 is 52.1. The largest absolute Gasteiger partial charge is 0.445 e. The second kappa shape index (κ2) is 10.7. The van der Waals surface area contributed by atoms with E-state index in [2.05, 4.69) is 0 Å². The Labute approximate surface area is 220 Å². The lowest BCUT2D eigenvalue weighted by molar-refractivity contribution is -0.137. The van der Waals surface area contributed by atoms with E-state index >= 15 is 0 Å². The predicted molar refractivity (Wildman–Crippen MR) is 134 cm³/mol. The van der Waals surface area contributed by atoms with Crippen LogP contribution in [0.4, 0.5) is 22.8 Å². The van der Waals surface area contributed by atoms with Gasteiger partial charge in [-0.1, -0.05) is 17.7 Å². The fraction of sp³-hybridized carbons (Fsp3) is 0.519. The number of hydrogen-bond donors (Lipinski definition) is 0. The van der Waals surface area contributed by atoms with E-state index in [1.165, 1.54) is 0 Å². The van der Waals surface area contributed by atoms with Crippen molar-refractivity contribution in [3.05, 3.63) is 58.4 Å². The van der Waals surface area contributed by atoms with Gasteiger partial charge in [-0.2, -0.15) is 18.3 Å². The highest BCUT2D eigenvalue weighted by Gasteiger charge is 2.31. The van der Waals surface area contributed by atoms with Crippen molar-refractivity contribution in [3.8, 4) is 0 Å². The second-order valence-corrected chi connectivity index (χ2v) is 10.7. The molecule has 1 aromatic carbocycles. The van der Waals surface area contributed by atoms with Gasteiger partial charge >= 0.3 is 18.4 Å². The van der Waals surface area contributed by atoms with E-state index in [-0.39, 0.29) is 24.8 Å². The van der Waals surface area contributed by atoms with Crippen molar-refractivity contribution in [2.24, 2.45) is 0 Å². The third-order valence-corrected chi connectivity index (χ3v) is 6.29. The van der Waals surface area contributed by atoms with Crippen molar-refractivity contribution < 1.29 is 32.2 Å². The number of benzene rings is 1. The van der Waals surface area contributed by atoms with Crippen molar-refractivity contribution in [1.29, 1.82) is 0 Å². The Bertz CT molecular complexity index is 1230. The first-order valence-corrected chi connectivity index (χ1v) is 12.6. The number of fused-ring (bicyclic) bond motifs is 1. The van der Waals surface area contributed by atoms with Crippen LogP contribution in [0.15, 0.2) is 30.3 Å². The van der Waals surface area contributed by atoms with Crippen LogP contribution in [0.25, 0.3) is 5.57 Å². The molecule has 0 aliphatic carbocycles. The molecule has 0 saturated carbocycles. The van der Waals surface area contributed by atoms with Crippen LogP contribution in [0.3, 0.4) is 0 Å². The van der Waals surface area contributed by atoms with Gasteiger partial charge in [-0.05, 0) is 69.9 Å². The van der Waals surface area contributed by atoms with Crippen LogP contribution < -0.4 is 0 Å². The van der Waals surface area contributed by atoms with Crippen molar-refractivity contribution in [2.45, 2.75) is 72.0 Å². The standard InChI is InChI=1S/C27H33F3N4O4/c1-18-12-19(14-21(13-18)27(28,29)30)17-37-24(35)33-8-5-9-34-22(16-33)15-23(31-34)20-6-10-32(11-7-20)25(36)38-26(2,3)4/h6,12-15H,5,7-11,16-17H2,1-4H3. The minimum atomic E-state index is -4.46. The van der Waals surface area contributed by atoms with Crippen LogP contribution in [0.5, 0.6) is 0 Å². The van der Waals surface area contributed by atoms with Crippen molar-refractivity contribution >= 4 is 17.8 Å². The van der Waals surface area contributed by atoms with Gasteiger partial charge in [-0.3, -0.25) is 4.68 Å². The zero-order chi connectivity index (χ0) is 27.7. The van der Waals surface area contributed by atoms with Gasteiger partial charge in [0.05, 0.1) is 23.5 Å². The predicted octanol–water partition coefficient (Wildman–Crippen LogP) is 5.78. The van der Waals surface area contributed by atoms with Crippen molar-refractivity contribution in [2.75, 3.05) is 19.6 Å². The number of alkyl halides is 3. The summed E-state index contributed by atoms with van der Waals surface area (Å²) in [5, 5.41) is 4.72. The first-order chi connectivity index (χ1) is 17.8. The molecular formula is C27H33F3N4O4. The highest BCUT2D eigenvalue weighted by Crippen LogP contribution is 2.31. The fourth-order valence-corrected chi connectivity index (χ4v) is 4.51. The van der Waals surface area contributed by atoms with E-state index in [9.17, 15) is 22.8 Å². The molecule has 2 aliphatic rings. The summed E-state index contributed by atoms with van der Waals surface area (Å²) in [6.45, 7) is 9.15. The molecular weight excluding hydrogens is 501 g/mol. The number of aryl methyl sites for hydroxylation is 2. The third-order valence-electron chi connectivity index (χ3n) is 6.29. The van der Waals surface area contributed by atoms with Gasteiger partial charge in [0.25, 0.3) is 0 Å². The van der Waals surface area contributed by atoms with Crippen LogP contribution >= 0.6 is 0 Å². The topological polar surface area (TPSA) is 76.9 Å². The zero-order valence-electron chi connectivity index (χ0n) is 22.1. The number of amides is 2. The van der Waals surface area contributed by atoms with Crippen LogP contribution in [0.1, 0.15) is 61.7 Å². The van der Waals surface area contributed by atoms with Gasteiger partial charge in [-0.25, -0.2) is 9.59 Å². The number of aromatic nitrogens is 2. The SMILES string of the molecule is Cc1cc(COC(=O)N2CCCn3nc(C4=CCN(C(=O)OC(C)(C)C)CC4)cc3C2)cc(C(F)(F)F)c1. The molecule has 2 aromatic rings. The number of nitrogens with zero attached hydrogens (tertiary/aromatic N) is 4. The fourth-order valence-electron chi connectivity index (χ4n) is 4.51. The average Bonchev–Trinajstić information content (AvgIpc) is 3.12. The van der Waals surface area contributed by atoms with Crippen LogP contribution in [-0.2, 0) is 35.3 Å². The molecule has 8 nitrogen and oxygen atoms in total. The van der Waals surface area contributed by atoms with E-state index < -0.39 is 23.4 Å². The van der Waals surface area contributed by atoms with Crippen molar-refractivity contribution in [1.82, 2.24) is 19.6 Å². The summed E-state index contributed by atoms with van der Waals surface area (Å²) in [6, 6.07) is 5.59. The van der Waals surface area contributed by atoms with Gasteiger partial charge < -0.3 is 19.3 Å². The molecule has 0 unspecified atom stereocenters. The summed E-state index contributed by atoms with van der Waals surface area (Å²) >= 11 is 0. The summed E-state index contributed by atoms with van der Waals surface area (Å²) in [7, 11) is 0. The lowest BCUT2D eigenvalue weighted by atomic mass is 10.0. The summed E-state index contributed by atoms with van der Waals surface area (Å²) in [5.74, 6) is 0. The van der Waals surface area contributed by atoms with Gasteiger partial charge in [0.15, 0.2) is 0 Å². The first-order valence-electron chi connectivity index (χ1n) is 12.6. The Kier molecular flexibility index (Phi) is 7.75. The van der Waals surface area contributed by atoms with E-state index in [0.717, 1.165) is 29.1 Å². The summed E-state index contributed by atoms with van der Waals surface area (Å²) in [4.78, 5) is 28.3. The Morgan fingerprint density at radius 3 is 2.42 bits per heavy atom. The lowest BCUT2D eigenvalue weighted by Crippen LogP contribution is -2.39. The maximum Gasteiger partial charge on any atom is 0.416 e. The van der Waals surface area contributed by atoms with E-state index in [1.54, 1.807) is 22.8 Å². The molecule has 0 radical (unpaired) electrons. The number of hydrogen-bond acceptors (Lipinski definition) is 5. The Hall–Kier alpha value is -3.50. The molecule has 0 fully saturated rings. The van der Waals surface area contributed by atoms with Gasteiger partial charge in [0.2, 0.25) is 0 Å². The highest BCUT2D eigenvalue weighted by atomic mass is 19.4. The van der Waals surface area contributed by atoms with Gasteiger partial charge in [-0.15, -0.1) is 0 Å². The van der Waals surface area contributed by atoms with Gasteiger partial charge in [0.1, 0.15) is 12.2 Å². The number of carbonyl (C=O) groups is 2. The Balaban J connectivity index is 1.38. The molecule has 0 N–H and O–H groups in total. The van der Waals surface area contributed by atoms with Crippen LogP contribution in [0, 0.1) is 6.92 Å². The molecule has 2 amide bonds. The monoisotopic (exact) mass is 534 g/mol. The number of ether oxygens (including phenoxy) is 2. The van der Waals surface area contributed by atoms with E-state index in [4.69, 9.17) is 14.6 Å². The minimum Gasteiger partial charge on any atom is -0.445 e. The number of rotatable bonds is 3. The lowest BCUT2D eigenvalue weighted by Gasteiger charge is -2.29. The highest BCUT2D eigenvalue weighted by molar-refractivity contribution is 5.72. The first kappa shape index (κ1) is 27.5. The molecule has 0 saturated heterocycles. The molecule has 38 heavy (non-hydrogen) atoms.